The second-order valence-corrected chi connectivity index (χ2v) is 12.7. The summed E-state index contributed by atoms with van der Waals surface area (Å²) in [5, 5.41) is 10.5. The van der Waals surface area contributed by atoms with Crippen LogP contribution in [0.1, 0.15) is 82.6 Å². The van der Waals surface area contributed by atoms with E-state index in [4.69, 9.17) is 23.4 Å². The Balaban J connectivity index is 1.96. The van der Waals surface area contributed by atoms with Gasteiger partial charge in [-0.05, 0) is 88.4 Å². The van der Waals surface area contributed by atoms with Crippen LogP contribution in [0.3, 0.4) is 0 Å². The van der Waals surface area contributed by atoms with Crippen molar-refractivity contribution in [3.05, 3.63) is 0 Å². The van der Waals surface area contributed by atoms with Crippen LogP contribution >= 0.6 is 0 Å². The molecule has 3 rings (SSSR count). The normalized spacial score (nSPS) is 32.8. The number of aliphatic hydroxyl groups excluding tert-OH is 1. The zero-order chi connectivity index (χ0) is 25.2. The van der Waals surface area contributed by atoms with Gasteiger partial charge in [-0.15, -0.1) is 0 Å². The van der Waals surface area contributed by atoms with Gasteiger partial charge in [0, 0.05) is 12.4 Å². The standard InChI is InChI=1S/C23H43B2NO7/c1-19(2,3)29-18(28)26-13-12-15(24-30-20(4,5)21(6,7)31-24)17(16(26)14-27)25-32-22(8,9)23(10,11)33-25/h15-17,27H,12-14H2,1-11H3/t15-,16-,17-/m0/s1. The summed E-state index contributed by atoms with van der Waals surface area (Å²) in [6, 6.07) is -0.563. The molecule has 0 aromatic heterocycles. The molecule has 1 N–H and O–H groups in total. The van der Waals surface area contributed by atoms with Gasteiger partial charge in [-0.2, -0.15) is 0 Å². The number of likely N-dealkylation sites (tertiary alicyclic amines) is 1. The Morgan fingerprint density at radius 2 is 1.33 bits per heavy atom. The monoisotopic (exact) mass is 467 g/mol. The molecule has 33 heavy (non-hydrogen) atoms. The molecule has 0 spiro atoms. The van der Waals surface area contributed by atoms with Crippen molar-refractivity contribution in [2.45, 2.75) is 128 Å². The maximum atomic E-state index is 13.1. The highest BCUT2D eigenvalue weighted by atomic mass is 16.7. The van der Waals surface area contributed by atoms with E-state index in [1.165, 1.54) is 0 Å². The SMILES string of the molecule is CC(C)(C)OC(=O)N1CC[C@H](B2OC(C)(C)C(C)(C)O2)[C@H](B2OC(C)(C)C(C)(C)O2)[C@@H]1CO. The first-order chi connectivity index (χ1) is 14.8. The number of nitrogens with zero attached hydrogens (tertiary/aromatic N) is 1. The number of piperidine rings is 1. The van der Waals surface area contributed by atoms with Crippen molar-refractivity contribution < 1.29 is 33.3 Å². The topological polar surface area (TPSA) is 86.7 Å². The number of ether oxygens (including phenoxy) is 1. The second kappa shape index (κ2) is 8.40. The van der Waals surface area contributed by atoms with Crippen LogP contribution in [0.25, 0.3) is 0 Å². The number of amides is 1. The number of rotatable bonds is 3. The first-order valence-corrected chi connectivity index (χ1v) is 12.1. The van der Waals surface area contributed by atoms with Gasteiger partial charge >= 0.3 is 20.3 Å². The third-order valence-electron chi connectivity index (χ3n) is 8.06. The van der Waals surface area contributed by atoms with Gasteiger partial charge < -0.3 is 33.4 Å². The quantitative estimate of drug-likeness (QED) is 0.630. The fourth-order valence-corrected chi connectivity index (χ4v) is 4.72. The average molecular weight is 467 g/mol. The van der Waals surface area contributed by atoms with Crippen molar-refractivity contribution in [3.8, 4) is 0 Å². The Labute approximate surface area is 200 Å². The molecule has 0 radical (unpaired) electrons. The Bertz CT molecular complexity index is 718. The molecule has 3 fully saturated rings. The second-order valence-electron chi connectivity index (χ2n) is 12.7. The number of hydrogen-bond acceptors (Lipinski definition) is 7. The number of carbonyl (C=O) groups is 1. The van der Waals surface area contributed by atoms with Crippen LogP contribution in [0.5, 0.6) is 0 Å². The average Bonchev–Trinajstić information content (AvgIpc) is 2.98. The van der Waals surface area contributed by atoms with E-state index in [1.807, 2.05) is 76.2 Å². The Morgan fingerprint density at radius 1 is 0.909 bits per heavy atom. The number of carbonyl (C=O) groups excluding carboxylic acids is 1. The predicted molar refractivity (Wildman–Crippen MR) is 128 cm³/mol. The molecular formula is C23H43B2NO7. The van der Waals surface area contributed by atoms with E-state index < -0.39 is 54.4 Å². The summed E-state index contributed by atoms with van der Waals surface area (Å²) < 4.78 is 31.4. The molecule has 188 valence electrons. The van der Waals surface area contributed by atoms with Crippen LogP contribution in [0.2, 0.25) is 11.6 Å². The lowest BCUT2D eigenvalue weighted by Gasteiger charge is -2.45. The molecule has 3 atom stereocenters. The molecular weight excluding hydrogens is 424 g/mol. The van der Waals surface area contributed by atoms with Crippen LogP contribution in [0.4, 0.5) is 4.79 Å². The maximum absolute atomic E-state index is 13.1. The molecule has 0 saturated carbocycles. The minimum absolute atomic E-state index is 0.142. The van der Waals surface area contributed by atoms with Crippen LogP contribution in [0, 0.1) is 0 Å². The highest BCUT2D eigenvalue weighted by Gasteiger charge is 2.63. The number of hydrogen-bond donors (Lipinski definition) is 1. The van der Waals surface area contributed by atoms with E-state index in [0.717, 1.165) is 0 Å². The summed E-state index contributed by atoms with van der Waals surface area (Å²) in [6.45, 7) is 21.8. The third kappa shape index (κ3) is 4.96. The molecule has 0 unspecified atom stereocenters. The lowest BCUT2D eigenvalue weighted by Crippen LogP contribution is -2.57. The van der Waals surface area contributed by atoms with Gasteiger partial charge in [-0.25, -0.2) is 4.79 Å². The molecule has 3 aliphatic rings. The molecule has 10 heteroatoms. The minimum Gasteiger partial charge on any atom is -0.444 e. The molecule has 0 aliphatic carbocycles. The molecule has 1 amide bonds. The van der Waals surface area contributed by atoms with Crippen molar-refractivity contribution in [2.24, 2.45) is 0 Å². The first kappa shape index (κ1) is 26.8. The van der Waals surface area contributed by atoms with Crippen LogP contribution in [-0.2, 0) is 23.4 Å². The van der Waals surface area contributed by atoms with E-state index in [9.17, 15) is 9.90 Å². The molecule has 3 heterocycles. The Kier molecular flexibility index (Phi) is 6.82. The summed E-state index contributed by atoms with van der Waals surface area (Å²) in [6.07, 6.45) is 0.164. The van der Waals surface area contributed by atoms with Crippen molar-refractivity contribution >= 4 is 20.3 Å². The smallest absolute Gasteiger partial charge is 0.444 e. The van der Waals surface area contributed by atoms with E-state index >= 15 is 0 Å². The lowest BCUT2D eigenvalue weighted by molar-refractivity contribution is -0.00176. The van der Waals surface area contributed by atoms with Crippen molar-refractivity contribution in [1.29, 1.82) is 0 Å². The first-order valence-electron chi connectivity index (χ1n) is 12.1. The fourth-order valence-electron chi connectivity index (χ4n) is 4.72. The molecule has 3 aliphatic heterocycles. The van der Waals surface area contributed by atoms with Gasteiger partial charge in [0.15, 0.2) is 0 Å². The van der Waals surface area contributed by atoms with Crippen LogP contribution in [0.15, 0.2) is 0 Å². The van der Waals surface area contributed by atoms with Gasteiger partial charge in [0.25, 0.3) is 0 Å². The van der Waals surface area contributed by atoms with Crippen molar-refractivity contribution in [2.75, 3.05) is 13.2 Å². The van der Waals surface area contributed by atoms with Crippen molar-refractivity contribution in [3.63, 3.8) is 0 Å². The molecule has 8 nitrogen and oxygen atoms in total. The van der Waals surface area contributed by atoms with Gasteiger partial charge in [0.2, 0.25) is 0 Å². The molecule has 3 saturated heterocycles. The Hall–Kier alpha value is -0.800. The zero-order valence-corrected chi connectivity index (χ0v) is 22.4. The zero-order valence-electron chi connectivity index (χ0n) is 22.4. The lowest BCUT2D eigenvalue weighted by atomic mass is 9.48. The maximum Gasteiger partial charge on any atom is 0.463 e. The summed E-state index contributed by atoms with van der Waals surface area (Å²) >= 11 is 0. The van der Waals surface area contributed by atoms with Gasteiger partial charge in [-0.3, -0.25) is 0 Å². The summed E-state index contributed by atoms with van der Waals surface area (Å²) in [5.74, 6) is -0.511. The van der Waals surface area contributed by atoms with Gasteiger partial charge in [0.1, 0.15) is 5.60 Å². The molecule has 0 aromatic rings. The summed E-state index contributed by atoms with van der Waals surface area (Å²) in [7, 11) is -1.14. The predicted octanol–water partition coefficient (Wildman–Crippen LogP) is 3.91. The highest BCUT2D eigenvalue weighted by Crippen LogP contribution is 2.52. The van der Waals surface area contributed by atoms with Gasteiger partial charge in [0.05, 0.1) is 35.1 Å². The molecule has 0 bridgehead atoms. The summed E-state index contributed by atoms with van der Waals surface area (Å²) in [5.41, 5.74) is -2.72. The van der Waals surface area contributed by atoms with E-state index in [0.29, 0.717) is 13.0 Å². The minimum atomic E-state index is -0.639. The largest absolute Gasteiger partial charge is 0.463 e. The van der Waals surface area contributed by atoms with E-state index in [-0.39, 0.29) is 18.2 Å². The van der Waals surface area contributed by atoms with Gasteiger partial charge in [-0.1, -0.05) is 0 Å². The highest BCUT2D eigenvalue weighted by molar-refractivity contribution is 6.55. The molecule has 0 aromatic carbocycles. The van der Waals surface area contributed by atoms with E-state index in [2.05, 4.69) is 0 Å². The van der Waals surface area contributed by atoms with Crippen molar-refractivity contribution in [1.82, 2.24) is 4.90 Å². The van der Waals surface area contributed by atoms with E-state index in [1.54, 1.807) is 4.90 Å². The number of aliphatic hydroxyl groups is 1. The fraction of sp³-hybridized carbons (Fsp3) is 0.957. The summed E-state index contributed by atoms with van der Waals surface area (Å²) in [4.78, 5) is 14.7. The van der Waals surface area contributed by atoms with Crippen LogP contribution in [-0.4, -0.2) is 77.5 Å². The Morgan fingerprint density at radius 3 is 1.73 bits per heavy atom. The van der Waals surface area contributed by atoms with Crippen LogP contribution < -0.4 is 0 Å². The third-order valence-corrected chi connectivity index (χ3v) is 8.06.